The zero-order valence-electron chi connectivity index (χ0n) is 15.1. The fourth-order valence-corrected chi connectivity index (χ4v) is 2.94. The summed E-state index contributed by atoms with van der Waals surface area (Å²) in [5.41, 5.74) is 1.73. The van der Waals surface area contributed by atoms with Gasteiger partial charge in [0.1, 0.15) is 0 Å². The third kappa shape index (κ3) is 3.70. The number of aromatic nitrogens is 2. The van der Waals surface area contributed by atoms with Gasteiger partial charge in [-0.15, -0.1) is 5.10 Å². The second kappa shape index (κ2) is 7.19. The Labute approximate surface area is 164 Å². The van der Waals surface area contributed by atoms with Crippen LogP contribution in [0.1, 0.15) is 17.0 Å². The molecule has 2 aliphatic rings. The highest BCUT2D eigenvalue weighted by atomic mass is 16.7. The van der Waals surface area contributed by atoms with Crippen LogP contribution in [0.3, 0.4) is 0 Å². The van der Waals surface area contributed by atoms with Gasteiger partial charge in [-0.3, -0.25) is 10.1 Å². The van der Waals surface area contributed by atoms with Crippen molar-refractivity contribution in [3.8, 4) is 23.0 Å². The summed E-state index contributed by atoms with van der Waals surface area (Å²) in [6.45, 7) is 0.421. The molecule has 1 amide bonds. The smallest absolute Gasteiger partial charge is 0.322 e. The third-order valence-corrected chi connectivity index (χ3v) is 4.31. The van der Waals surface area contributed by atoms with Crippen molar-refractivity contribution < 1.29 is 28.2 Å². The number of amides is 1. The Bertz CT molecular complexity index is 1110. The molecule has 0 saturated carbocycles. The number of carbonyl (C=O) groups is 1. The van der Waals surface area contributed by atoms with E-state index in [0.29, 0.717) is 35.3 Å². The van der Waals surface area contributed by atoms with Crippen molar-refractivity contribution in [1.82, 2.24) is 10.2 Å². The predicted molar refractivity (Wildman–Crippen MR) is 99.9 cm³/mol. The van der Waals surface area contributed by atoms with Crippen LogP contribution in [0.15, 0.2) is 46.9 Å². The van der Waals surface area contributed by atoms with E-state index < -0.39 is 0 Å². The predicted octanol–water partition coefficient (Wildman–Crippen LogP) is 2.77. The minimum absolute atomic E-state index is 0.0288. The van der Waals surface area contributed by atoms with E-state index in [4.69, 9.17) is 23.4 Å². The van der Waals surface area contributed by atoms with Crippen LogP contribution in [0.5, 0.6) is 23.0 Å². The molecule has 3 heterocycles. The molecule has 0 spiro atoms. The number of rotatable bonds is 5. The Morgan fingerprint density at radius 2 is 1.66 bits per heavy atom. The van der Waals surface area contributed by atoms with Crippen molar-refractivity contribution in [3.63, 3.8) is 0 Å². The van der Waals surface area contributed by atoms with Crippen molar-refractivity contribution in [2.75, 3.05) is 18.9 Å². The van der Waals surface area contributed by atoms with Gasteiger partial charge in [-0.1, -0.05) is 17.2 Å². The van der Waals surface area contributed by atoms with Crippen LogP contribution in [0.4, 0.5) is 6.01 Å². The standard InChI is InChI=1S/C20H15N3O6/c24-18(6-3-12-1-4-14-16(7-12)27-10-25-14)21-20-23-22-19(29-20)9-13-2-5-15-17(8-13)28-11-26-15/h1-8H,9-11H2,(H,21,23,24)/b6-3+. The zero-order valence-corrected chi connectivity index (χ0v) is 15.1. The van der Waals surface area contributed by atoms with E-state index in [2.05, 4.69) is 15.5 Å². The Morgan fingerprint density at radius 1 is 0.931 bits per heavy atom. The van der Waals surface area contributed by atoms with E-state index in [1.165, 1.54) is 6.08 Å². The van der Waals surface area contributed by atoms with Gasteiger partial charge < -0.3 is 23.4 Å². The highest BCUT2D eigenvalue weighted by Gasteiger charge is 2.15. The van der Waals surface area contributed by atoms with Crippen molar-refractivity contribution in [2.45, 2.75) is 6.42 Å². The van der Waals surface area contributed by atoms with Crippen LogP contribution >= 0.6 is 0 Å². The van der Waals surface area contributed by atoms with Crippen LogP contribution in [0, 0.1) is 0 Å². The highest BCUT2D eigenvalue weighted by molar-refractivity contribution is 6.00. The molecule has 146 valence electrons. The highest BCUT2D eigenvalue weighted by Crippen LogP contribution is 2.33. The van der Waals surface area contributed by atoms with Gasteiger partial charge in [0.05, 0.1) is 6.42 Å². The molecule has 0 aliphatic carbocycles. The zero-order chi connectivity index (χ0) is 19.6. The van der Waals surface area contributed by atoms with Crippen molar-refractivity contribution in [2.24, 2.45) is 0 Å². The van der Waals surface area contributed by atoms with Gasteiger partial charge in [0.15, 0.2) is 23.0 Å². The van der Waals surface area contributed by atoms with Crippen LogP contribution in [0.2, 0.25) is 0 Å². The number of hydrogen-bond donors (Lipinski definition) is 1. The average molecular weight is 393 g/mol. The molecule has 0 bridgehead atoms. The Hall–Kier alpha value is -4.01. The lowest BCUT2D eigenvalue weighted by Crippen LogP contribution is -2.07. The minimum atomic E-state index is -0.388. The summed E-state index contributed by atoms with van der Waals surface area (Å²) < 4.78 is 26.7. The molecule has 1 aromatic heterocycles. The topological polar surface area (TPSA) is 105 Å². The summed E-state index contributed by atoms with van der Waals surface area (Å²) in [5, 5.41) is 10.4. The summed E-state index contributed by atoms with van der Waals surface area (Å²) in [6.07, 6.45) is 3.44. The van der Waals surface area contributed by atoms with Gasteiger partial charge in [0, 0.05) is 6.08 Å². The van der Waals surface area contributed by atoms with Gasteiger partial charge >= 0.3 is 6.01 Å². The summed E-state index contributed by atoms with van der Waals surface area (Å²) in [5.74, 6) is 2.72. The maximum Gasteiger partial charge on any atom is 0.322 e. The average Bonchev–Trinajstić information content (AvgIpc) is 3.46. The lowest BCUT2D eigenvalue weighted by atomic mass is 10.1. The van der Waals surface area contributed by atoms with E-state index in [1.807, 2.05) is 24.3 Å². The van der Waals surface area contributed by atoms with Gasteiger partial charge in [0.25, 0.3) is 5.91 Å². The molecule has 0 fully saturated rings. The molecule has 0 saturated heterocycles. The molecular formula is C20H15N3O6. The molecule has 3 aromatic rings. The Morgan fingerprint density at radius 3 is 2.48 bits per heavy atom. The van der Waals surface area contributed by atoms with E-state index >= 15 is 0 Å². The summed E-state index contributed by atoms with van der Waals surface area (Å²) in [6, 6.07) is 11.0. The normalized spacial score (nSPS) is 13.8. The molecule has 5 rings (SSSR count). The number of hydrogen-bond acceptors (Lipinski definition) is 8. The molecule has 9 nitrogen and oxygen atoms in total. The molecule has 1 N–H and O–H groups in total. The van der Waals surface area contributed by atoms with Crippen LogP contribution in [0.25, 0.3) is 6.08 Å². The summed E-state index contributed by atoms with van der Waals surface area (Å²) >= 11 is 0. The first-order valence-electron chi connectivity index (χ1n) is 8.82. The monoisotopic (exact) mass is 393 g/mol. The second-order valence-electron chi connectivity index (χ2n) is 6.30. The van der Waals surface area contributed by atoms with E-state index in [0.717, 1.165) is 11.1 Å². The van der Waals surface area contributed by atoms with Crippen molar-refractivity contribution in [3.05, 3.63) is 59.5 Å². The lowest BCUT2D eigenvalue weighted by Gasteiger charge is -2.00. The Balaban J connectivity index is 1.20. The van der Waals surface area contributed by atoms with Crippen LogP contribution in [-0.4, -0.2) is 29.7 Å². The number of carbonyl (C=O) groups excluding carboxylic acids is 1. The first kappa shape index (κ1) is 17.1. The van der Waals surface area contributed by atoms with E-state index in [-0.39, 0.29) is 25.5 Å². The lowest BCUT2D eigenvalue weighted by molar-refractivity contribution is -0.112. The van der Waals surface area contributed by atoms with E-state index in [1.54, 1.807) is 18.2 Å². The molecule has 9 heteroatoms. The molecule has 29 heavy (non-hydrogen) atoms. The van der Waals surface area contributed by atoms with Gasteiger partial charge in [-0.05, 0) is 41.5 Å². The number of ether oxygens (including phenoxy) is 4. The largest absolute Gasteiger partial charge is 0.454 e. The summed E-state index contributed by atoms with van der Waals surface area (Å²) in [7, 11) is 0. The van der Waals surface area contributed by atoms with Gasteiger partial charge in [0.2, 0.25) is 19.5 Å². The Kier molecular flexibility index (Phi) is 4.24. The fourth-order valence-electron chi connectivity index (χ4n) is 2.94. The number of benzene rings is 2. The second-order valence-corrected chi connectivity index (χ2v) is 6.30. The first-order valence-corrected chi connectivity index (χ1v) is 8.82. The SMILES string of the molecule is O=C(/C=C/c1ccc2c(c1)OCO2)Nc1nnc(Cc2ccc3c(c2)OCO3)o1. The fraction of sp³-hybridized carbons (Fsp3) is 0.150. The molecule has 2 aliphatic heterocycles. The van der Waals surface area contributed by atoms with Crippen molar-refractivity contribution in [1.29, 1.82) is 0 Å². The molecule has 0 radical (unpaired) electrons. The maximum atomic E-state index is 12.1. The number of nitrogens with one attached hydrogen (secondary N) is 1. The molecule has 2 aromatic carbocycles. The molecule has 0 unspecified atom stereocenters. The number of anilines is 1. The van der Waals surface area contributed by atoms with Crippen molar-refractivity contribution >= 4 is 18.0 Å². The van der Waals surface area contributed by atoms with Crippen LogP contribution < -0.4 is 24.3 Å². The van der Waals surface area contributed by atoms with Crippen LogP contribution in [-0.2, 0) is 11.2 Å². The van der Waals surface area contributed by atoms with E-state index in [9.17, 15) is 4.79 Å². The summed E-state index contributed by atoms with van der Waals surface area (Å²) in [4.78, 5) is 12.1. The van der Waals surface area contributed by atoms with Gasteiger partial charge in [-0.25, -0.2) is 0 Å². The minimum Gasteiger partial charge on any atom is -0.454 e. The first-order chi connectivity index (χ1) is 14.2. The number of nitrogens with zero attached hydrogens (tertiary/aromatic N) is 2. The maximum absolute atomic E-state index is 12.1. The third-order valence-electron chi connectivity index (χ3n) is 4.31. The molecular weight excluding hydrogens is 378 g/mol. The molecule has 0 atom stereocenters. The van der Waals surface area contributed by atoms with Gasteiger partial charge in [-0.2, -0.15) is 0 Å². The quantitative estimate of drug-likeness (QED) is 0.660. The number of fused-ring (bicyclic) bond motifs is 2.